The Bertz CT molecular complexity index is 359. The Balaban J connectivity index is 1.81. The van der Waals surface area contributed by atoms with E-state index in [0.717, 1.165) is 30.3 Å². The molecule has 0 unspecified atom stereocenters. The van der Waals surface area contributed by atoms with Gasteiger partial charge in [0.05, 0.1) is 18.2 Å². The number of rotatable bonds is 5. The lowest BCUT2D eigenvalue weighted by Gasteiger charge is -2.12. The Labute approximate surface area is 108 Å². The van der Waals surface area contributed by atoms with Crippen molar-refractivity contribution in [2.24, 2.45) is 5.92 Å². The monoisotopic (exact) mass is 254 g/mol. The number of hydrogen-bond donors (Lipinski definition) is 1. The van der Waals surface area contributed by atoms with E-state index >= 15 is 0 Å². The van der Waals surface area contributed by atoms with Gasteiger partial charge >= 0.3 is 0 Å². The van der Waals surface area contributed by atoms with E-state index in [9.17, 15) is 0 Å². The van der Waals surface area contributed by atoms with Crippen LogP contribution in [0, 0.1) is 5.92 Å². The summed E-state index contributed by atoms with van der Waals surface area (Å²) in [5.41, 5.74) is 0.818. The molecule has 0 aromatic heterocycles. The van der Waals surface area contributed by atoms with Gasteiger partial charge in [-0.15, -0.1) is 0 Å². The number of benzene rings is 1. The fraction of sp³-hybridized carbons (Fsp3) is 0.571. The minimum absolute atomic E-state index is 0.0159. The zero-order chi connectivity index (χ0) is 12.1. The molecule has 3 heteroatoms. The molecular formula is C14H19ClO2. The lowest BCUT2D eigenvalue weighted by Crippen LogP contribution is -2.04. The normalized spacial score (nSPS) is 16.4. The quantitative estimate of drug-likeness (QED) is 0.866. The molecular weight excluding hydrogens is 236 g/mol. The van der Waals surface area contributed by atoms with Crippen LogP contribution in [0.25, 0.3) is 0 Å². The molecule has 17 heavy (non-hydrogen) atoms. The first-order valence-corrected chi connectivity index (χ1v) is 6.69. The van der Waals surface area contributed by atoms with Crippen LogP contribution >= 0.6 is 11.6 Å². The summed E-state index contributed by atoms with van der Waals surface area (Å²) in [5, 5.41) is 9.56. The van der Waals surface area contributed by atoms with E-state index in [1.807, 2.05) is 12.1 Å². The maximum atomic E-state index is 8.97. The summed E-state index contributed by atoms with van der Waals surface area (Å²) in [7, 11) is 0. The largest absolute Gasteiger partial charge is 0.492 e. The van der Waals surface area contributed by atoms with Gasteiger partial charge in [-0.1, -0.05) is 43.4 Å². The smallest absolute Gasteiger partial charge is 0.137 e. The van der Waals surface area contributed by atoms with Gasteiger partial charge in [-0.05, 0) is 30.0 Å². The molecule has 1 aliphatic rings. The topological polar surface area (TPSA) is 29.5 Å². The number of aliphatic hydroxyl groups excluding tert-OH is 1. The third kappa shape index (κ3) is 3.62. The Morgan fingerprint density at radius 2 is 2.06 bits per heavy atom. The lowest BCUT2D eigenvalue weighted by atomic mass is 10.1. The molecule has 1 N–H and O–H groups in total. The van der Waals surface area contributed by atoms with Gasteiger partial charge in [-0.3, -0.25) is 0 Å². The number of aliphatic hydroxyl groups is 1. The molecule has 94 valence electrons. The van der Waals surface area contributed by atoms with Crippen molar-refractivity contribution in [1.29, 1.82) is 0 Å². The van der Waals surface area contributed by atoms with Gasteiger partial charge in [-0.2, -0.15) is 0 Å². The average Bonchev–Trinajstić information content (AvgIpc) is 2.84. The van der Waals surface area contributed by atoms with E-state index < -0.39 is 0 Å². The SMILES string of the molecule is OCc1ccc(OCCC2CCCC2)c(Cl)c1. The number of ether oxygens (including phenoxy) is 1. The van der Waals surface area contributed by atoms with Crippen LogP contribution in [0.2, 0.25) is 5.02 Å². The van der Waals surface area contributed by atoms with Crippen LogP contribution in [0.3, 0.4) is 0 Å². The standard InChI is InChI=1S/C14H19ClO2/c15-13-9-12(10-16)5-6-14(13)17-8-7-11-3-1-2-4-11/h5-6,9,11,16H,1-4,7-8,10H2. The second-order valence-corrected chi connectivity index (χ2v) is 5.12. The summed E-state index contributed by atoms with van der Waals surface area (Å²) in [6.45, 7) is 0.755. The van der Waals surface area contributed by atoms with E-state index in [1.54, 1.807) is 6.07 Å². The van der Waals surface area contributed by atoms with Gasteiger partial charge < -0.3 is 9.84 Å². The number of hydrogen-bond acceptors (Lipinski definition) is 2. The van der Waals surface area contributed by atoms with Gasteiger partial charge in [0.1, 0.15) is 5.75 Å². The van der Waals surface area contributed by atoms with Crippen molar-refractivity contribution in [3.05, 3.63) is 28.8 Å². The minimum atomic E-state index is 0.0159. The van der Waals surface area contributed by atoms with Crippen molar-refractivity contribution in [3.63, 3.8) is 0 Å². The summed E-state index contributed by atoms with van der Waals surface area (Å²) in [5.74, 6) is 1.56. The van der Waals surface area contributed by atoms with Crippen LogP contribution in [-0.2, 0) is 6.61 Å². The molecule has 2 nitrogen and oxygen atoms in total. The highest BCUT2D eigenvalue weighted by Gasteiger charge is 2.14. The molecule has 1 aliphatic carbocycles. The summed E-state index contributed by atoms with van der Waals surface area (Å²) < 4.78 is 5.68. The van der Waals surface area contributed by atoms with Crippen LogP contribution in [0.15, 0.2) is 18.2 Å². The van der Waals surface area contributed by atoms with Crippen molar-refractivity contribution in [3.8, 4) is 5.75 Å². The lowest BCUT2D eigenvalue weighted by molar-refractivity contribution is 0.276. The third-order valence-corrected chi connectivity index (χ3v) is 3.73. The average molecular weight is 255 g/mol. The van der Waals surface area contributed by atoms with Crippen LogP contribution in [0.5, 0.6) is 5.75 Å². The van der Waals surface area contributed by atoms with E-state index in [2.05, 4.69) is 0 Å². The van der Waals surface area contributed by atoms with Gasteiger partial charge in [0, 0.05) is 0 Å². The molecule has 0 saturated heterocycles. The van der Waals surface area contributed by atoms with Crippen LogP contribution < -0.4 is 4.74 Å². The fourth-order valence-corrected chi connectivity index (χ4v) is 2.65. The van der Waals surface area contributed by atoms with Crippen LogP contribution in [-0.4, -0.2) is 11.7 Å². The predicted molar refractivity (Wildman–Crippen MR) is 69.4 cm³/mol. The molecule has 1 fully saturated rings. The van der Waals surface area contributed by atoms with Crippen LogP contribution in [0.1, 0.15) is 37.7 Å². The van der Waals surface area contributed by atoms with Gasteiger partial charge in [0.15, 0.2) is 0 Å². The fourth-order valence-electron chi connectivity index (χ4n) is 2.39. The molecule has 1 aromatic rings. The maximum Gasteiger partial charge on any atom is 0.137 e. The summed E-state index contributed by atoms with van der Waals surface area (Å²) >= 11 is 6.07. The van der Waals surface area contributed by atoms with Crippen molar-refractivity contribution < 1.29 is 9.84 Å². The highest BCUT2D eigenvalue weighted by atomic mass is 35.5. The molecule has 0 radical (unpaired) electrons. The van der Waals surface area contributed by atoms with Crippen molar-refractivity contribution in [2.75, 3.05) is 6.61 Å². The Morgan fingerprint density at radius 1 is 1.29 bits per heavy atom. The molecule has 2 rings (SSSR count). The highest BCUT2D eigenvalue weighted by molar-refractivity contribution is 6.32. The Hall–Kier alpha value is -0.730. The first kappa shape index (κ1) is 12.7. The van der Waals surface area contributed by atoms with E-state index in [4.69, 9.17) is 21.4 Å². The van der Waals surface area contributed by atoms with E-state index in [0.29, 0.717) is 5.02 Å². The molecule has 0 amide bonds. The van der Waals surface area contributed by atoms with Gasteiger partial charge in [0.2, 0.25) is 0 Å². The zero-order valence-corrected chi connectivity index (χ0v) is 10.7. The molecule has 1 aromatic carbocycles. The second-order valence-electron chi connectivity index (χ2n) is 4.71. The molecule has 0 bridgehead atoms. The van der Waals surface area contributed by atoms with Crippen LogP contribution in [0.4, 0.5) is 0 Å². The molecule has 0 heterocycles. The minimum Gasteiger partial charge on any atom is -0.492 e. The number of halogens is 1. The van der Waals surface area contributed by atoms with Gasteiger partial charge in [-0.25, -0.2) is 0 Å². The third-order valence-electron chi connectivity index (χ3n) is 3.44. The zero-order valence-electron chi connectivity index (χ0n) is 9.99. The highest BCUT2D eigenvalue weighted by Crippen LogP contribution is 2.29. The van der Waals surface area contributed by atoms with E-state index in [1.165, 1.54) is 25.7 Å². The predicted octanol–water partition coefficient (Wildman–Crippen LogP) is 3.79. The second kappa shape index (κ2) is 6.27. The first-order valence-electron chi connectivity index (χ1n) is 6.31. The van der Waals surface area contributed by atoms with Crippen molar-refractivity contribution in [2.45, 2.75) is 38.7 Å². The first-order chi connectivity index (χ1) is 8.29. The Morgan fingerprint density at radius 3 is 2.71 bits per heavy atom. The van der Waals surface area contributed by atoms with Gasteiger partial charge in [0.25, 0.3) is 0 Å². The molecule has 0 spiro atoms. The summed E-state index contributed by atoms with van der Waals surface area (Å²) in [4.78, 5) is 0. The summed E-state index contributed by atoms with van der Waals surface area (Å²) in [6, 6.07) is 5.44. The Kier molecular flexibility index (Phi) is 4.69. The molecule has 0 atom stereocenters. The molecule has 1 saturated carbocycles. The molecule has 0 aliphatic heterocycles. The van der Waals surface area contributed by atoms with Crippen molar-refractivity contribution in [1.82, 2.24) is 0 Å². The maximum absolute atomic E-state index is 8.97. The van der Waals surface area contributed by atoms with Crippen molar-refractivity contribution >= 4 is 11.6 Å². The van der Waals surface area contributed by atoms with E-state index in [-0.39, 0.29) is 6.61 Å². The summed E-state index contributed by atoms with van der Waals surface area (Å²) in [6.07, 6.45) is 6.56.